The molecule has 3 nitrogen and oxygen atoms in total. The molecule has 1 amide bonds. The summed E-state index contributed by atoms with van der Waals surface area (Å²) in [4.78, 5) is 14.3. The van der Waals surface area contributed by atoms with Crippen molar-refractivity contribution in [2.24, 2.45) is 5.92 Å². The van der Waals surface area contributed by atoms with Crippen LogP contribution in [0.3, 0.4) is 0 Å². The molecule has 94 valence electrons. The van der Waals surface area contributed by atoms with Gasteiger partial charge in [-0.3, -0.25) is 4.79 Å². The van der Waals surface area contributed by atoms with Crippen LogP contribution in [0.4, 0.5) is 0 Å². The summed E-state index contributed by atoms with van der Waals surface area (Å²) in [6.07, 6.45) is 3.42. The Labute approximate surface area is 99.6 Å². The second-order valence-corrected chi connectivity index (χ2v) is 5.02. The number of amides is 1. The van der Waals surface area contributed by atoms with Crippen molar-refractivity contribution >= 4 is 5.91 Å². The smallest absolute Gasteiger partial charge is 0.239 e. The Balaban J connectivity index is 2.58. The number of carbonyl (C=O) groups is 1. The number of hydrogen-bond acceptors (Lipinski definition) is 2. The molecule has 0 saturated carbocycles. The lowest BCUT2D eigenvalue weighted by Gasteiger charge is -2.34. The van der Waals surface area contributed by atoms with Crippen LogP contribution in [-0.2, 0) is 4.79 Å². The number of piperidine rings is 1. The Kier molecular flexibility index (Phi) is 5.26. The molecule has 0 aromatic rings. The Morgan fingerprint density at radius 3 is 2.62 bits per heavy atom. The number of nitrogens with one attached hydrogen (secondary N) is 1. The van der Waals surface area contributed by atoms with Crippen molar-refractivity contribution in [3.63, 3.8) is 0 Å². The molecule has 0 aliphatic carbocycles. The minimum Gasteiger partial charge on any atom is -0.339 e. The zero-order chi connectivity index (χ0) is 12.1. The first-order chi connectivity index (χ1) is 7.60. The molecule has 1 aliphatic heterocycles. The van der Waals surface area contributed by atoms with Crippen LogP contribution in [0, 0.1) is 5.92 Å². The van der Waals surface area contributed by atoms with Gasteiger partial charge in [-0.2, -0.15) is 0 Å². The van der Waals surface area contributed by atoms with Crippen LogP contribution in [0.15, 0.2) is 0 Å². The molecule has 16 heavy (non-hydrogen) atoms. The molecule has 1 aliphatic rings. The third kappa shape index (κ3) is 3.21. The van der Waals surface area contributed by atoms with Crippen molar-refractivity contribution in [3.8, 4) is 0 Å². The van der Waals surface area contributed by atoms with Crippen molar-refractivity contribution in [3.05, 3.63) is 0 Å². The highest BCUT2D eigenvalue weighted by atomic mass is 16.2. The molecular weight excluding hydrogens is 200 g/mol. The van der Waals surface area contributed by atoms with Crippen molar-refractivity contribution < 1.29 is 4.79 Å². The topological polar surface area (TPSA) is 32.3 Å². The first-order valence-corrected chi connectivity index (χ1v) is 6.63. The van der Waals surface area contributed by atoms with Crippen LogP contribution in [0.2, 0.25) is 0 Å². The summed E-state index contributed by atoms with van der Waals surface area (Å²) < 4.78 is 0. The van der Waals surface area contributed by atoms with Crippen molar-refractivity contribution in [1.82, 2.24) is 10.2 Å². The summed E-state index contributed by atoms with van der Waals surface area (Å²) in [5.41, 5.74) is 0. The van der Waals surface area contributed by atoms with E-state index < -0.39 is 0 Å². The maximum absolute atomic E-state index is 12.3. The summed E-state index contributed by atoms with van der Waals surface area (Å²) in [5, 5.41) is 3.36. The Hall–Kier alpha value is -0.570. The highest BCUT2D eigenvalue weighted by molar-refractivity contribution is 5.82. The third-order valence-electron chi connectivity index (χ3n) is 3.63. The van der Waals surface area contributed by atoms with Gasteiger partial charge >= 0.3 is 0 Å². The van der Waals surface area contributed by atoms with E-state index in [4.69, 9.17) is 0 Å². The van der Waals surface area contributed by atoms with Gasteiger partial charge in [0.1, 0.15) is 0 Å². The molecule has 0 spiro atoms. The molecule has 1 rings (SSSR count). The molecule has 0 aromatic carbocycles. The lowest BCUT2D eigenvalue weighted by molar-refractivity contribution is -0.135. The van der Waals surface area contributed by atoms with Crippen LogP contribution in [0.25, 0.3) is 0 Å². The lowest BCUT2D eigenvalue weighted by Crippen LogP contribution is -2.52. The first kappa shape index (κ1) is 13.5. The predicted octanol–water partition coefficient (Wildman–Crippen LogP) is 2.02. The van der Waals surface area contributed by atoms with E-state index in [0.29, 0.717) is 6.04 Å². The zero-order valence-electron chi connectivity index (χ0n) is 11.1. The first-order valence-electron chi connectivity index (χ1n) is 6.63. The van der Waals surface area contributed by atoms with E-state index in [-0.39, 0.29) is 11.9 Å². The van der Waals surface area contributed by atoms with E-state index in [1.807, 2.05) is 4.90 Å². The molecule has 2 atom stereocenters. The van der Waals surface area contributed by atoms with Crippen LogP contribution in [-0.4, -0.2) is 36.0 Å². The molecule has 3 heteroatoms. The van der Waals surface area contributed by atoms with Gasteiger partial charge < -0.3 is 10.2 Å². The molecule has 2 unspecified atom stereocenters. The van der Waals surface area contributed by atoms with Gasteiger partial charge in [-0.05, 0) is 46.1 Å². The van der Waals surface area contributed by atoms with Crippen molar-refractivity contribution in [2.45, 2.75) is 59.0 Å². The molecule has 0 aromatic heterocycles. The van der Waals surface area contributed by atoms with E-state index in [1.54, 1.807) is 0 Å². The maximum Gasteiger partial charge on any atom is 0.239 e. The highest BCUT2D eigenvalue weighted by Gasteiger charge is 2.29. The average Bonchev–Trinajstić information content (AvgIpc) is 2.29. The van der Waals surface area contributed by atoms with Crippen LogP contribution in [0.1, 0.15) is 47.0 Å². The average molecular weight is 226 g/mol. The molecular formula is C13H26N2O. The fraction of sp³-hybridized carbons (Fsp3) is 0.923. The van der Waals surface area contributed by atoms with E-state index in [2.05, 4.69) is 33.0 Å². The van der Waals surface area contributed by atoms with E-state index >= 15 is 0 Å². The quantitative estimate of drug-likeness (QED) is 0.795. The van der Waals surface area contributed by atoms with Gasteiger partial charge in [0.05, 0.1) is 6.04 Å². The number of rotatable bonds is 4. The van der Waals surface area contributed by atoms with Gasteiger partial charge in [0.2, 0.25) is 5.91 Å². The second-order valence-electron chi connectivity index (χ2n) is 5.02. The minimum absolute atomic E-state index is 0.0565. The summed E-state index contributed by atoms with van der Waals surface area (Å²) in [5.74, 6) is 1.01. The van der Waals surface area contributed by atoms with Gasteiger partial charge in [0.25, 0.3) is 0 Å². The van der Waals surface area contributed by atoms with Gasteiger partial charge in [-0.1, -0.05) is 13.3 Å². The molecule has 1 fully saturated rings. The van der Waals surface area contributed by atoms with Crippen molar-refractivity contribution in [1.29, 1.82) is 0 Å². The maximum atomic E-state index is 12.3. The van der Waals surface area contributed by atoms with E-state index in [9.17, 15) is 4.79 Å². The molecule has 0 radical (unpaired) electrons. The van der Waals surface area contributed by atoms with Gasteiger partial charge in [-0.15, -0.1) is 0 Å². The number of carbonyl (C=O) groups excluding carboxylic acids is 1. The number of likely N-dealkylation sites (N-methyl/N-ethyl adjacent to an activating group) is 1. The minimum atomic E-state index is 0.0565. The largest absolute Gasteiger partial charge is 0.339 e. The van der Waals surface area contributed by atoms with Crippen LogP contribution in [0.5, 0.6) is 0 Å². The SMILES string of the molecule is CCC1CCNC(C(=O)N(CC)C(C)C)C1. The molecule has 1 heterocycles. The second kappa shape index (κ2) is 6.24. The lowest BCUT2D eigenvalue weighted by atomic mass is 9.89. The zero-order valence-corrected chi connectivity index (χ0v) is 11.1. The van der Waals surface area contributed by atoms with E-state index in [1.165, 1.54) is 12.8 Å². The standard InChI is InChI=1S/C13H26N2O/c1-5-11-7-8-14-12(9-11)13(16)15(6-2)10(3)4/h10-12,14H,5-9H2,1-4H3. The van der Waals surface area contributed by atoms with Gasteiger partial charge in [-0.25, -0.2) is 0 Å². The summed E-state index contributed by atoms with van der Waals surface area (Å²) in [7, 11) is 0. The molecule has 1 saturated heterocycles. The monoisotopic (exact) mass is 226 g/mol. The molecule has 1 N–H and O–H groups in total. The third-order valence-corrected chi connectivity index (χ3v) is 3.63. The van der Waals surface area contributed by atoms with E-state index in [0.717, 1.165) is 25.4 Å². The predicted molar refractivity (Wildman–Crippen MR) is 67.3 cm³/mol. The number of hydrogen-bond donors (Lipinski definition) is 1. The normalized spacial score (nSPS) is 25.8. The highest BCUT2D eigenvalue weighted by Crippen LogP contribution is 2.20. The van der Waals surface area contributed by atoms with Crippen LogP contribution >= 0.6 is 0 Å². The fourth-order valence-corrected chi connectivity index (χ4v) is 2.53. The van der Waals surface area contributed by atoms with Gasteiger partial charge in [0.15, 0.2) is 0 Å². The van der Waals surface area contributed by atoms with Gasteiger partial charge in [0, 0.05) is 12.6 Å². The molecule has 0 bridgehead atoms. The Bertz CT molecular complexity index is 228. The summed E-state index contributed by atoms with van der Waals surface area (Å²) in [6, 6.07) is 0.363. The van der Waals surface area contributed by atoms with Crippen LogP contribution < -0.4 is 5.32 Å². The number of nitrogens with zero attached hydrogens (tertiary/aromatic N) is 1. The fourth-order valence-electron chi connectivity index (χ4n) is 2.53. The summed E-state index contributed by atoms with van der Waals surface area (Å²) >= 11 is 0. The Morgan fingerprint density at radius 2 is 2.12 bits per heavy atom. The summed E-state index contributed by atoms with van der Waals surface area (Å²) in [6.45, 7) is 10.2. The van der Waals surface area contributed by atoms with Crippen molar-refractivity contribution in [2.75, 3.05) is 13.1 Å². The Morgan fingerprint density at radius 1 is 1.44 bits per heavy atom.